The lowest BCUT2D eigenvalue weighted by atomic mass is 9.93. The topological polar surface area (TPSA) is 42.4 Å². The number of carbonyl (C=O) groups excluding carboxylic acids is 1. The van der Waals surface area contributed by atoms with Crippen molar-refractivity contribution < 1.29 is 9.53 Å². The summed E-state index contributed by atoms with van der Waals surface area (Å²) in [5.41, 5.74) is 3.47. The molecule has 2 aromatic rings. The zero-order valence-electron chi connectivity index (χ0n) is 14.5. The van der Waals surface area contributed by atoms with E-state index >= 15 is 0 Å². The lowest BCUT2D eigenvalue weighted by Gasteiger charge is -2.35. The maximum atomic E-state index is 12.8. The summed E-state index contributed by atoms with van der Waals surface area (Å²) in [6.45, 7) is 7.53. The number of thiazole rings is 1. The van der Waals surface area contributed by atoms with Crippen molar-refractivity contribution in [3.05, 3.63) is 51.5 Å². The number of fused-ring (bicyclic) bond motifs is 1. The second kappa shape index (κ2) is 7.45. The number of rotatable bonds is 5. The monoisotopic (exact) mass is 344 g/mol. The van der Waals surface area contributed by atoms with Crippen LogP contribution in [0.25, 0.3) is 0 Å². The van der Waals surface area contributed by atoms with Crippen molar-refractivity contribution in [1.29, 1.82) is 0 Å². The lowest BCUT2D eigenvalue weighted by molar-refractivity contribution is -0.133. The number of carbonyl (C=O) groups is 1. The van der Waals surface area contributed by atoms with E-state index in [1.807, 2.05) is 30.2 Å². The van der Waals surface area contributed by atoms with E-state index in [2.05, 4.69) is 30.1 Å². The van der Waals surface area contributed by atoms with Gasteiger partial charge in [-0.25, -0.2) is 4.98 Å². The molecule has 2 unspecified atom stereocenters. The zero-order chi connectivity index (χ0) is 17.1. The van der Waals surface area contributed by atoms with Gasteiger partial charge in [-0.2, -0.15) is 0 Å². The predicted octanol–water partition coefficient (Wildman–Crippen LogP) is 3.93. The summed E-state index contributed by atoms with van der Waals surface area (Å²) in [6, 6.07) is 8.53. The fraction of sp³-hybridized carbons (Fsp3) is 0.474. The molecule has 0 radical (unpaired) electrons. The first-order chi connectivity index (χ1) is 11.6. The largest absolute Gasteiger partial charge is 0.372 e. The first-order valence-electron chi connectivity index (χ1n) is 8.53. The van der Waals surface area contributed by atoms with E-state index in [0.717, 1.165) is 23.7 Å². The average Bonchev–Trinajstić information content (AvgIpc) is 3.04. The van der Waals surface area contributed by atoms with Crippen molar-refractivity contribution in [1.82, 2.24) is 9.88 Å². The molecule has 0 saturated carbocycles. The summed E-state index contributed by atoms with van der Waals surface area (Å²) < 4.78 is 5.57. The Bertz CT molecular complexity index is 713. The summed E-state index contributed by atoms with van der Waals surface area (Å²) in [5.74, 6) is 0.151. The van der Waals surface area contributed by atoms with Gasteiger partial charge in [-0.1, -0.05) is 24.3 Å². The van der Waals surface area contributed by atoms with Gasteiger partial charge in [-0.3, -0.25) is 4.79 Å². The van der Waals surface area contributed by atoms with Gasteiger partial charge in [-0.15, -0.1) is 11.3 Å². The van der Waals surface area contributed by atoms with Crippen LogP contribution in [0.1, 0.15) is 54.7 Å². The Labute approximate surface area is 147 Å². The Morgan fingerprint density at radius 3 is 3.04 bits per heavy atom. The van der Waals surface area contributed by atoms with Crippen molar-refractivity contribution in [2.45, 2.75) is 45.8 Å². The minimum absolute atomic E-state index is 0.00959. The van der Waals surface area contributed by atoms with E-state index in [4.69, 9.17) is 4.74 Å². The van der Waals surface area contributed by atoms with Gasteiger partial charge in [0.2, 0.25) is 5.91 Å². The number of nitrogens with zero attached hydrogens (tertiary/aromatic N) is 2. The highest BCUT2D eigenvalue weighted by Gasteiger charge is 2.27. The van der Waals surface area contributed by atoms with Crippen molar-refractivity contribution in [3.63, 3.8) is 0 Å². The summed E-state index contributed by atoms with van der Waals surface area (Å²) in [4.78, 5) is 19.3. The van der Waals surface area contributed by atoms with Gasteiger partial charge in [0.15, 0.2) is 0 Å². The molecule has 0 fully saturated rings. The highest BCUT2D eigenvalue weighted by molar-refractivity contribution is 7.09. The molecule has 4 nitrogen and oxygen atoms in total. The Hall–Kier alpha value is -1.72. The molecule has 1 aliphatic heterocycles. The third-order valence-electron chi connectivity index (χ3n) is 4.58. The first-order valence-corrected chi connectivity index (χ1v) is 9.41. The number of aromatic nitrogens is 1. The highest BCUT2D eigenvalue weighted by atomic mass is 32.1. The molecule has 1 aromatic carbocycles. The smallest absolute Gasteiger partial charge is 0.229 e. The van der Waals surface area contributed by atoms with E-state index in [9.17, 15) is 4.79 Å². The van der Waals surface area contributed by atoms with Crippen molar-refractivity contribution >= 4 is 17.2 Å². The van der Waals surface area contributed by atoms with Crippen LogP contribution < -0.4 is 0 Å². The zero-order valence-corrected chi connectivity index (χ0v) is 15.3. The fourth-order valence-electron chi connectivity index (χ4n) is 3.28. The van der Waals surface area contributed by atoms with Crippen LogP contribution in [-0.2, 0) is 22.4 Å². The van der Waals surface area contributed by atoms with Gasteiger partial charge in [0.05, 0.1) is 18.2 Å². The number of benzene rings is 1. The molecule has 24 heavy (non-hydrogen) atoms. The molecule has 1 aromatic heterocycles. The average molecular weight is 344 g/mol. The fourth-order valence-corrected chi connectivity index (χ4v) is 4.10. The molecule has 0 aliphatic carbocycles. The van der Waals surface area contributed by atoms with Crippen LogP contribution in [0.15, 0.2) is 29.6 Å². The molecule has 2 heterocycles. The van der Waals surface area contributed by atoms with Crippen LogP contribution in [0.3, 0.4) is 0 Å². The molecule has 0 bridgehead atoms. The molecule has 0 saturated heterocycles. The first kappa shape index (κ1) is 17.1. The molecule has 0 spiro atoms. The van der Waals surface area contributed by atoms with Crippen LogP contribution in [0, 0.1) is 0 Å². The minimum Gasteiger partial charge on any atom is -0.372 e. The Morgan fingerprint density at radius 1 is 1.46 bits per heavy atom. The van der Waals surface area contributed by atoms with E-state index in [-0.39, 0.29) is 18.1 Å². The van der Waals surface area contributed by atoms with E-state index < -0.39 is 0 Å². The summed E-state index contributed by atoms with van der Waals surface area (Å²) in [7, 11) is 0. The standard InChI is InChI=1S/C19H24N2O2S/c1-4-23-14(3)19-20-16(12-24-19)11-18(22)21-10-9-15-7-5-6-8-17(15)13(21)2/h5-8,12-14H,4,9-11H2,1-3H3. The molecule has 1 amide bonds. The van der Waals surface area contributed by atoms with Crippen molar-refractivity contribution in [3.8, 4) is 0 Å². The third kappa shape index (κ3) is 3.52. The molecular formula is C19H24N2O2S. The summed E-state index contributed by atoms with van der Waals surface area (Å²) in [5, 5.41) is 2.92. The summed E-state index contributed by atoms with van der Waals surface area (Å²) in [6.07, 6.45) is 1.28. The number of hydrogen-bond donors (Lipinski definition) is 0. The molecule has 128 valence electrons. The second-order valence-corrected chi connectivity index (χ2v) is 7.05. The lowest BCUT2D eigenvalue weighted by Crippen LogP contribution is -2.39. The Kier molecular flexibility index (Phi) is 5.31. The SMILES string of the molecule is CCOC(C)c1nc(CC(=O)N2CCc3ccccc3C2C)cs1. The van der Waals surface area contributed by atoms with Crippen LogP contribution in [-0.4, -0.2) is 28.9 Å². The number of hydrogen-bond acceptors (Lipinski definition) is 4. The Morgan fingerprint density at radius 2 is 2.25 bits per heavy atom. The molecule has 0 N–H and O–H groups in total. The Balaban J connectivity index is 1.68. The van der Waals surface area contributed by atoms with Crippen molar-refractivity contribution in [2.75, 3.05) is 13.2 Å². The highest BCUT2D eigenvalue weighted by Crippen LogP contribution is 2.30. The molecule has 5 heteroatoms. The molecule has 2 atom stereocenters. The van der Waals surface area contributed by atoms with Gasteiger partial charge in [0, 0.05) is 18.5 Å². The third-order valence-corrected chi connectivity index (χ3v) is 5.64. The van der Waals surface area contributed by atoms with E-state index in [1.54, 1.807) is 11.3 Å². The van der Waals surface area contributed by atoms with E-state index in [1.165, 1.54) is 11.1 Å². The minimum atomic E-state index is -0.00959. The van der Waals surface area contributed by atoms with Gasteiger partial charge >= 0.3 is 0 Å². The molecule has 3 rings (SSSR count). The van der Waals surface area contributed by atoms with E-state index in [0.29, 0.717) is 13.0 Å². The maximum Gasteiger partial charge on any atom is 0.229 e. The van der Waals surface area contributed by atoms with Crippen molar-refractivity contribution in [2.24, 2.45) is 0 Å². The predicted molar refractivity (Wildman–Crippen MR) is 96.1 cm³/mol. The van der Waals surface area contributed by atoms with Gasteiger partial charge in [0.25, 0.3) is 0 Å². The van der Waals surface area contributed by atoms with Crippen LogP contribution >= 0.6 is 11.3 Å². The normalized spacial score (nSPS) is 18.3. The maximum absolute atomic E-state index is 12.8. The van der Waals surface area contributed by atoms with Gasteiger partial charge < -0.3 is 9.64 Å². The second-order valence-electron chi connectivity index (χ2n) is 6.16. The van der Waals surface area contributed by atoms with Crippen LogP contribution in [0.2, 0.25) is 0 Å². The van der Waals surface area contributed by atoms with Gasteiger partial charge in [0.1, 0.15) is 11.1 Å². The van der Waals surface area contributed by atoms with Crippen LogP contribution in [0.5, 0.6) is 0 Å². The number of amides is 1. The number of ether oxygens (including phenoxy) is 1. The van der Waals surface area contributed by atoms with Gasteiger partial charge in [-0.05, 0) is 38.3 Å². The molecular weight excluding hydrogens is 320 g/mol. The summed E-state index contributed by atoms with van der Waals surface area (Å²) >= 11 is 1.57. The quantitative estimate of drug-likeness (QED) is 0.825. The molecule has 1 aliphatic rings. The van der Waals surface area contributed by atoms with Crippen LogP contribution in [0.4, 0.5) is 0 Å².